The fraction of sp³-hybridized carbons (Fsp3) is 0.273. The number of benzene rings is 1. The Morgan fingerprint density at radius 2 is 2.28 bits per heavy atom. The van der Waals surface area contributed by atoms with Gasteiger partial charge in [-0.15, -0.1) is 0 Å². The predicted octanol–water partition coefficient (Wildman–Crippen LogP) is 0.433. The van der Waals surface area contributed by atoms with E-state index < -0.39 is 12.0 Å². The van der Waals surface area contributed by atoms with Crippen LogP contribution >= 0.6 is 0 Å². The zero-order valence-corrected chi connectivity index (χ0v) is 11.1. The van der Waals surface area contributed by atoms with Gasteiger partial charge in [-0.25, -0.2) is 0 Å². The van der Waals surface area contributed by atoms with Gasteiger partial charge in [0.05, 0.1) is 0 Å². The molecule has 6 nitrogen and oxygen atoms in total. The Bertz CT molecular complexity index is 701. The van der Waals surface area contributed by atoms with E-state index in [2.05, 4.69) is 0 Å². The summed E-state index contributed by atoms with van der Waals surface area (Å²) in [5, 5.41) is 9.51. The molecule has 0 fully saturated rings. The van der Waals surface area contributed by atoms with E-state index in [1.807, 2.05) is 0 Å². The number of aliphatic carboxylic acids is 1. The van der Waals surface area contributed by atoms with E-state index in [0.717, 1.165) is 4.26 Å². The molecule has 0 saturated carbocycles. The summed E-state index contributed by atoms with van der Waals surface area (Å²) in [6.07, 6.45) is 0. The summed E-state index contributed by atoms with van der Waals surface area (Å²) in [6, 6.07) is 2.52. The average Bonchev–Trinajstić information content (AvgIpc) is 2.92. The molecule has 0 radical (unpaired) electrons. The van der Waals surface area contributed by atoms with Crippen LogP contribution < -0.4 is 15.0 Å². The second-order valence-corrected chi connectivity index (χ2v) is 5.98. The van der Waals surface area contributed by atoms with Crippen LogP contribution in [-0.4, -0.2) is 36.2 Å². The van der Waals surface area contributed by atoms with Crippen LogP contribution in [0.25, 0.3) is 9.65 Å². The molecule has 1 N–H and O–H groups in total. The van der Waals surface area contributed by atoms with Crippen LogP contribution in [0.5, 0.6) is 11.5 Å². The van der Waals surface area contributed by atoms with Crippen molar-refractivity contribution in [1.29, 1.82) is 0 Å². The Morgan fingerprint density at radius 3 is 3.00 bits per heavy atom. The molecular weight excluding hydrogens is 305 g/mol. The molecule has 0 spiro atoms. The summed E-state index contributed by atoms with van der Waals surface area (Å²) in [5.41, 5.74) is -0.252. The number of rotatable bonds is 2. The first-order valence-electron chi connectivity index (χ1n) is 5.26. The van der Waals surface area contributed by atoms with Gasteiger partial charge in [0.25, 0.3) is 0 Å². The zero-order valence-electron chi connectivity index (χ0n) is 9.37. The third-order valence-corrected chi connectivity index (χ3v) is 5.48. The van der Waals surface area contributed by atoms with Crippen molar-refractivity contribution < 1.29 is 19.4 Å². The summed E-state index contributed by atoms with van der Waals surface area (Å²) < 4.78 is 12.7. The third kappa shape index (κ3) is 1.48. The fourth-order valence-electron chi connectivity index (χ4n) is 1.82. The van der Waals surface area contributed by atoms with Gasteiger partial charge in [0, 0.05) is 0 Å². The van der Waals surface area contributed by atoms with E-state index >= 15 is 0 Å². The van der Waals surface area contributed by atoms with Gasteiger partial charge >= 0.3 is 107 Å². The van der Waals surface area contributed by atoms with Crippen LogP contribution in [0, 0.1) is 0 Å². The molecule has 1 aliphatic heterocycles. The predicted molar refractivity (Wildman–Crippen MR) is 63.6 cm³/mol. The van der Waals surface area contributed by atoms with Gasteiger partial charge in [0.15, 0.2) is 0 Å². The van der Waals surface area contributed by atoms with Crippen molar-refractivity contribution in [1.82, 2.24) is 3.56 Å². The number of fused-ring (bicyclic) bond motifs is 3. The minimum atomic E-state index is -1.01. The molecule has 1 aliphatic rings. The number of aromatic nitrogens is 1. The molecule has 0 saturated heterocycles. The minimum absolute atomic E-state index is 0.143. The van der Waals surface area contributed by atoms with E-state index in [1.165, 1.54) is 10.5 Å². The Balaban J connectivity index is 2.29. The van der Waals surface area contributed by atoms with Gasteiger partial charge in [-0.3, -0.25) is 0 Å². The molecule has 0 aliphatic carbocycles. The van der Waals surface area contributed by atoms with Gasteiger partial charge in [-0.05, 0) is 0 Å². The number of hydrogen-bond acceptors (Lipinski definition) is 4. The van der Waals surface area contributed by atoms with E-state index in [1.54, 1.807) is 12.1 Å². The van der Waals surface area contributed by atoms with Crippen LogP contribution in [0.1, 0.15) is 13.0 Å². The van der Waals surface area contributed by atoms with Crippen molar-refractivity contribution in [3.63, 3.8) is 0 Å². The van der Waals surface area contributed by atoms with Crippen molar-refractivity contribution >= 4 is 30.3 Å². The van der Waals surface area contributed by atoms with Crippen molar-refractivity contribution in [3.8, 4) is 11.5 Å². The molecule has 2 heterocycles. The number of carbonyl (C=O) groups is 1. The molecule has 0 bridgehead atoms. The Labute approximate surface area is 107 Å². The molecule has 2 aromatic rings. The second-order valence-electron chi connectivity index (χ2n) is 3.91. The number of nitrogens with zero attached hydrogens (tertiary/aromatic N) is 1. The van der Waals surface area contributed by atoms with E-state index in [-0.39, 0.29) is 27.1 Å². The molecular formula is C11H9NO5Se. The molecule has 0 amide bonds. The van der Waals surface area contributed by atoms with Gasteiger partial charge in [-0.1, -0.05) is 0 Å². The first-order chi connectivity index (χ1) is 8.59. The summed E-state index contributed by atoms with van der Waals surface area (Å²) in [4.78, 5) is 23.1. The summed E-state index contributed by atoms with van der Waals surface area (Å²) in [6.45, 7) is 1.65. The van der Waals surface area contributed by atoms with Crippen LogP contribution in [0.2, 0.25) is 0 Å². The molecule has 94 valence electrons. The summed E-state index contributed by atoms with van der Waals surface area (Å²) in [5.74, 6) is 0.195. The molecule has 3 rings (SSSR count). The summed E-state index contributed by atoms with van der Waals surface area (Å²) >= 11 is -0.386. The maximum absolute atomic E-state index is 12.1. The maximum atomic E-state index is 12.1. The zero-order chi connectivity index (χ0) is 12.9. The Hall–Kier alpha value is -1.72. The average molecular weight is 314 g/mol. The van der Waals surface area contributed by atoms with Crippen molar-refractivity contribution in [3.05, 3.63) is 22.5 Å². The quantitative estimate of drug-likeness (QED) is 0.814. The Morgan fingerprint density at radius 1 is 1.50 bits per heavy atom. The van der Waals surface area contributed by atoms with Crippen molar-refractivity contribution in [2.45, 2.75) is 13.0 Å². The fourth-order valence-corrected chi connectivity index (χ4v) is 4.17. The third-order valence-electron chi connectivity index (χ3n) is 2.82. The second kappa shape index (κ2) is 3.90. The van der Waals surface area contributed by atoms with Gasteiger partial charge < -0.3 is 0 Å². The summed E-state index contributed by atoms with van der Waals surface area (Å²) in [7, 11) is 0. The van der Waals surface area contributed by atoms with Gasteiger partial charge in [-0.2, -0.15) is 0 Å². The molecule has 7 heteroatoms. The van der Waals surface area contributed by atoms with Crippen molar-refractivity contribution in [2.24, 2.45) is 0 Å². The molecule has 1 unspecified atom stereocenters. The molecule has 1 aromatic carbocycles. The Kier molecular flexibility index (Phi) is 2.46. The van der Waals surface area contributed by atoms with E-state index in [0.29, 0.717) is 16.9 Å². The van der Waals surface area contributed by atoms with Crippen LogP contribution in [0.3, 0.4) is 0 Å². The first kappa shape index (κ1) is 11.4. The molecule has 1 aromatic heterocycles. The standard InChI is InChI=1S/C11H9NO5Se/c1-5(11(14)15)12-10(13)6-2-3-7-8(9(6)18-12)17-4-16-7/h2-3,5H,4H2,1H3,(H,14,15). The van der Waals surface area contributed by atoms with Crippen LogP contribution in [0.4, 0.5) is 0 Å². The topological polar surface area (TPSA) is 77.8 Å². The van der Waals surface area contributed by atoms with E-state index in [4.69, 9.17) is 14.6 Å². The SMILES string of the molecule is CC(C(=O)O)n1[se]c2c3c(ccc2c1=O)OCO3. The first-order valence-corrected chi connectivity index (χ1v) is 6.89. The van der Waals surface area contributed by atoms with Crippen LogP contribution in [-0.2, 0) is 4.79 Å². The van der Waals surface area contributed by atoms with Gasteiger partial charge in [0.1, 0.15) is 0 Å². The van der Waals surface area contributed by atoms with Crippen LogP contribution in [0.15, 0.2) is 16.9 Å². The normalized spacial score (nSPS) is 14.9. The van der Waals surface area contributed by atoms with Crippen molar-refractivity contribution in [2.75, 3.05) is 6.79 Å². The van der Waals surface area contributed by atoms with E-state index in [9.17, 15) is 9.59 Å². The molecule has 1 atom stereocenters. The van der Waals surface area contributed by atoms with Gasteiger partial charge in [0.2, 0.25) is 0 Å². The molecule has 18 heavy (non-hydrogen) atoms. The number of carboxylic acids is 1. The number of carboxylic acid groups (broad SMARTS) is 1. The number of hydrogen-bond donors (Lipinski definition) is 1. The number of ether oxygens (including phenoxy) is 2. The monoisotopic (exact) mass is 315 g/mol.